The van der Waals surface area contributed by atoms with Gasteiger partial charge in [0.25, 0.3) is 0 Å². The van der Waals surface area contributed by atoms with Crippen LogP contribution in [-0.4, -0.2) is 28.4 Å². The molecule has 5 heteroatoms. The Balaban J connectivity index is 1.08. The summed E-state index contributed by atoms with van der Waals surface area (Å²) < 4.78 is 12.6. The predicted molar refractivity (Wildman–Crippen MR) is 259 cm³/mol. The van der Waals surface area contributed by atoms with Crippen molar-refractivity contribution in [3.63, 3.8) is 0 Å². The minimum atomic E-state index is 0.0121. The first-order valence-electron chi connectivity index (χ1n) is 25.3. The second-order valence-corrected chi connectivity index (χ2v) is 21.9. The highest BCUT2D eigenvalue weighted by Gasteiger charge is 2.54. The van der Waals surface area contributed by atoms with Gasteiger partial charge in [0.15, 0.2) is 0 Å². The van der Waals surface area contributed by atoms with Crippen LogP contribution in [0.3, 0.4) is 0 Å². The summed E-state index contributed by atoms with van der Waals surface area (Å²) in [6.07, 6.45) is 19.3. The summed E-state index contributed by atoms with van der Waals surface area (Å²) in [7, 11) is 0. The molecule has 8 bridgehead atoms. The van der Waals surface area contributed by atoms with Crippen LogP contribution in [-0.2, 0) is 10.8 Å². The summed E-state index contributed by atoms with van der Waals surface area (Å²) >= 11 is 0. The average Bonchev–Trinajstić information content (AvgIpc) is 3.27. The summed E-state index contributed by atoms with van der Waals surface area (Å²) in [5.41, 5.74) is 11.7. The lowest BCUT2D eigenvalue weighted by Crippen LogP contribution is -2.48. The van der Waals surface area contributed by atoms with Gasteiger partial charge in [0.05, 0.1) is 24.6 Å². The van der Waals surface area contributed by atoms with Gasteiger partial charge in [-0.05, 0) is 209 Å². The van der Waals surface area contributed by atoms with Crippen molar-refractivity contribution >= 4 is 0 Å². The lowest BCUT2D eigenvalue weighted by molar-refractivity contribution is -0.00626. The van der Waals surface area contributed by atoms with Gasteiger partial charge in [-0.25, -0.2) is 4.98 Å². The number of phenolic OH excluding ortho intramolecular Hbond substituents is 2. The molecule has 0 unspecified atom stereocenters. The zero-order valence-electron chi connectivity index (χ0n) is 38.9. The highest BCUT2D eigenvalue weighted by atomic mass is 16.5. The molecule has 0 atom stereocenters. The first-order chi connectivity index (χ1) is 31.1. The Morgan fingerprint density at radius 2 is 0.859 bits per heavy atom. The van der Waals surface area contributed by atoms with Crippen LogP contribution in [0.25, 0.3) is 44.8 Å². The highest BCUT2D eigenvalue weighted by molar-refractivity contribution is 5.93. The third-order valence-electron chi connectivity index (χ3n) is 17.3. The Labute approximate surface area is 382 Å². The maximum atomic E-state index is 13.0. The minimum Gasteiger partial charge on any atom is -0.507 e. The fourth-order valence-electron chi connectivity index (χ4n) is 15.4. The molecule has 0 amide bonds. The van der Waals surface area contributed by atoms with Gasteiger partial charge in [-0.1, -0.05) is 69.2 Å². The number of rotatable bonds is 14. The van der Waals surface area contributed by atoms with E-state index in [0.717, 1.165) is 140 Å². The predicted octanol–water partition coefficient (Wildman–Crippen LogP) is 15.1. The fourth-order valence-corrected chi connectivity index (χ4v) is 15.4. The average molecular weight is 856 g/mol. The van der Waals surface area contributed by atoms with Crippen LogP contribution in [0, 0.1) is 49.4 Å². The maximum absolute atomic E-state index is 13.0. The summed E-state index contributed by atoms with van der Waals surface area (Å²) in [5, 5.41) is 25.9. The monoisotopic (exact) mass is 856 g/mol. The summed E-state index contributed by atoms with van der Waals surface area (Å²) in [5.74, 6) is 7.03. The molecule has 5 aromatic rings. The molecule has 4 aromatic carbocycles. The van der Waals surface area contributed by atoms with Gasteiger partial charge < -0.3 is 19.7 Å². The van der Waals surface area contributed by atoms with Crippen molar-refractivity contribution in [3.05, 3.63) is 101 Å². The second kappa shape index (κ2) is 16.6. The van der Waals surface area contributed by atoms with Crippen LogP contribution in [0.5, 0.6) is 23.0 Å². The number of hydrogen-bond donors (Lipinski definition) is 2. The van der Waals surface area contributed by atoms with Crippen LogP contribution in [0.4, 0.5) is 0 Å². The van der Waals surface area contributed by atoms with E-state index >= 15 is 0 Å². The molecule has 8 aliphatic carbocycles. The van der Waals surface area contributed by atoms with Gasteiger partial charge in [0.1, 0.15) is 23.0 Å². The van der Waals surface area contributed by atoms with Crippen molar-refractivity contribution in [2.24, 2.45) is 35.5 Å². The number of aromatic hydroxyl groups is 2. The summed E-state index contributed by atoms with van der Waals surface area (Å²) in [6, 6.07) is 27.8. The minimum absolute atomic E-state index is 0.0121. The number of phenols is 2. The molecule has 8 aliphatic rings. The molecule has 13 rings (SSSR count). The molecule has 64 heavy (non-hydrogen) atoms. The molecule has 0 spiro atoms. The van der Waals surface area contributed by atoms with Gasteiger partial charge in [0, 0.05) is 33.4 Å². The number of aromatic nitrogens is 1. The van der Waals surface area contributed by atoms with E-state index in [1.807, 2.05) is 12.1 Å². The molecule has 8 saturated carbocycles. The first-order valence-corrected chi connectivity index (χ1v) is 25.3. The van der Waals surface area contributed by atoms with E-state index in [2.05, 4.69) is 94.4 Å². The zero-order valence-corrected chi connectivity index (χ0v) is 38.9. The molecule has 0 radical (unpaired) electrons. The Hall–Kier alpha value is -4.77. The van der Waals surface area contributed by atoms with Gasteiger partial charge in [-0.2, -0.15) is 0 Å². The van der Waals surface area contributed by atoms with Crippen LogP contribution in [0.1, 0.15) is 139 Å². The van der Waals surface area contributed by atoms with Crippen molar-refractivity contribution in [1.29, 1.82) is 0 Å². The number of nitrogens with zero attached hydrogens (tertiary/aromatic N) is 1. The lowest BCUT2D eigenvalue weighted by Gasteiger charge is -2.57. The smallest absolute Gasteiger partial charge is 0.127 e. The molecule has 1 aromatic heterocycles. The number of aryl methyl sites for hydroxylation is 2. The van der Waals surface area contributed by atoms with Crippen LogP contribution < -0.4 is 9.47 Å². The van der Waals surface area contributed by atoms with Gasteiger partial charge in [0.2, 0.25) is 0 Å². The van der Waals surface area contributed by atoms with E-state index in [4.69, 9.17) is 14.5 Å². The van der Waals surface area contributed by atoms with Crippen molar-refractivity contribution in [1.82, 2.24) is 4.98 Å². The first kappa shape index (κ1) is 41.9. The van der Waals surface area contributed by atoms with E-state index in [-0.39, 0.29) is 10.8 Å². The largest absolute Gasteiger partial charge is 0.507 e. The summed E-state index contributed by atoms with van der Waals surface area (Å²) in [6.45, 7) is 10.2. The maximum Gasteiger partial charge on any atom is 0.127 e. The number of pyridine rings is 1. The fraction of sp³-hybridized carbons (Fsp3) is 0.508. The van der Waals surface area contributed by atoms with Gasteiger partial charge in [-0.3, -0.25) is 0 Å². The molecular weight excluding hydrogens is 787 g/mol. The van der Waals surface area contributed by atoms with Gasteiger partial charge >= 0.3 is 0 Å². The molecule has 0 aliphatic heterocycles. The Bertz CT molecular complexity index is 2330. The molecule has 334 valence electrons. The Kier molecular flexibility index (Phi) is 10.9. The Morgan fingerprint density at radius 3 is 1.22 bits per heavy atom. The highest BCUT2D eigenvalue weighted by Crippen LogP contribution is 2.65. The van der Waals surface area contributed by atoms with Crippen LogP contribution >= 0.6 is 0 Å². The third-order valence-corrected chi connectivity index (χ3v) is 17.3. The van der Waals surface area contributed by atoms with E-state index in [1.165, 1.54) is 77.0 Å². The van der Waals surface area contributed by atoms with E-state index in [9.17, 15) is 10.2 Å². The van der Waals surface area contributed by atoms with Crippen molar-refractivity contribution in [3.8, 4) is 67.8 Å². The van der Waals surface area contributed by atoms with Gasteiger partial charge in [-0.15, -0.1) is 0 Å². The quantitative estimate of drug-likeness (QED) is 0.109. The topological polar surface area (TPSA) is 71.8 Å². The molecule has 5 nitrogen and oxygen atoms in total. The molecule has 0 saturated heterocycles. The Morgan fingerprint density at radius 1 is 0.500 bits per heavy atom. The van der Waals surface area contributed by atoms with E-state index in [0.29, 0.717) is 24.7 Å². The van der Waals surface area contributed by atoms with Crippen molar-refractivity contribution in [2.45, 2.75) is 141 Å². The molecule has 8 fully saturated rings. The standard InChI is InChI=1S/C59H69NO4/c1-5-7-18-63-46-14-9-12-44(28-46)54-52(36(3)20-48(56(54)61)58-30-38-22-39(31-58)24-40(23-38)32-58)50-16-11-17-51(60-50)53-37(4)21-49(59-33-41-25-42(34-59)27-43(26-41)35-59)57(62)55(53)45-13-10-15-47(29-45)64-19-8-6-2/h9-17,20-21,28-29,38-43,61-62H,5-8,18-19,22-27,30-35H2,1-4H3. The number of benzene rings is 4. The summed E-state index contributed by atoms with van der Waals surface area (Å²) in [4.78, 5) is 5.61. The lowest BCUT2D eigenvalue weighted by atomic mass is 9.47. The SMILES string of the molecule is CCCCOc1cccc(-c2c(O)c(C34CC5CC(CC(C5)C3)C4)cc(C)c2-c2cccc(-c3c(C)cc(C45CC6CC(CC(C6)C4)C5)c(O)c3-c3cccc(OCCCC)c3)n2)c1. The van der Waals surface area contributed by atoms with Crippen LogP contribution in [0.2, 0.25) is 0 Å². The number of hydrogen-bond acceptors (Lipinski definition) is 5. The normalized spacial score (nSPS) is 28.5. The molecule has 1 heterocycles. The zero-order chi connectivity index (χ0) is 43.7. The van der Waals surface area contributed by atoms with Crippen LogP contribution in [0.15, 0.2) is 78.9 Å². The third kappa shape index (κ3) is 7.32. The van der Waals surface area contributed by atoms with Crippen molar-refractivity contribution in [2.75, 3.05) is 13.2 Å². The second-order valence-electron chi connectivity index (χ2n) is 21.9. The van der Waals surface area contributed by atoms with E-state index < -0.39 is 0 Å². The molecular formula is C59H69NO4. The number of ether oxygens (including phenoxy) is 2. The van der Waals surface area contributed by atoms with E-state index in [1.54, 1.807) is 0 Å². The van der Waals surface area contributed by atoms with Crippen molar-refractivity contribution < 1.29 is 19.7 Å². The molecule has 2 N–H and O–H groups in total. The number of unbranched alkanes of at least 4 members (excludes halogenated alkanes) is 2.